The van der Waals surface area contributed by atoms with E-state index in [1.54, 1.807) is 0 Å². The van der Waals surface area contributed by atoms with Crippen LogP contribution in [0.15, 0.2) is 27.8 Å². The predicted octanol–water partition coefficient (Wildman–Crippen LogP) is 4.42. The summed E-state index contributed by atoms with van der Waals surface area (Å²) in [5.41, 5.74) is 4.69. The SMILES string of the molecule is CCC/C(C)=N/NC(=O)COc1ccc(C(C)(C)C)cc1Br. The zero-order valence-corrected chi connectivity index (χ0v) is 15.6. The second kappa shape index (κ2) is 8.32. The number of nitrogens with one attached hydrogen (secondary N) is 1. The van der Waals surface area contributed by atoms with Crippen molar-refractivity contribution in [3.8, 4) is 5.75 Å². The minimum atomic E-state index is -0.262. The summed E-state index contributed by atoms with van der Waals surface area (Å²) in [6.07, 6.45) is 1.88. The summed E-state index contributed by atoms with van der Waals surface area (Å²) >= 11 is 3.49. The Morgan fingerprint density at radius 2 is 2.05 bits per heavy atom. The molecule has 0 aromatic heterocycles. The van der Waals surface area contributed by atoms with Crippen LogP contribution in [0.4, 0.5) is 0 Å². The third kappa shape index (κ3) is 6.18. The Bertz CT molecular complexity index is 548. The maximum Gasteiger partial charge on any atom is 0.277 e. The highest BCUT2D eigenvalue weighted by Gasteiger charge is 2.15. The van der Waals surface area contributed by atoms with Crippen LogP contribution < -0.4 is 10.2 Å². The summed E-state index contributed by atoms with van der Waals surface area (Å²) < 4.78 is 6.38. The summed E-state index contributed by atoms with van der Waals surface area (Å²) in [5.74, 6) is 0.389. The van der Waals surface area contributed by atoms with E-state index in [0.717, 1.165) is 23.0 Å². The van der Waals surface area contributed by atoms with Gasteiger partial charge in [-0.05, 0) is 52.4 Å². The van der Waals surface area contributed by atoms with Gasteiger partial charge in [-0.1, -0.05) is 40.2 Å². The Kier molecular flexibility index (Phi) is 7.07. The lowest BCUT2D eigenvalue weighted by Gasteiger charge is -2.20. The maximum atomic E-state index is 11.7. The van der Waals surface area contributed by atoms with E-state index in [0.29, 0.717) is 5.75 Å². The van der Waals surface area contributed by atoms with Gasteiger partial charge in [-0.15, -0.1) is 0 Å². The first-order valence-electron chi connectivity index (χ1n) is 7.49. The van der Waals surface area contributed by atoms with Crippen molar-refractivity contribution in [1.29, 1.82) is 0 Å². The number of carbonyl (C=O) groups excluding carboxylic acids is 1. The lowest BCUT2D eigenvalue weighted by molar-refractivity contribution is -0.123. The van der Waals surface area contributed by atoms with Gasteiger partial charge in [0.1, 0.15) is 5.75 Å². The molecule has 122 valence electrons. The normalized spacial score (nSPS) is 12.2. The molecular formula is C17H25BrN2O2. The molecule has 0 aliphatic heterocycles. The third-order valence-electron chi connectivity index (χ3n) is 3.14. The fourth-order valence-electron chi connectivity index (χ4n) is 1.84. The molecule has 0 saturated carbocycles. The van der Waals surface area contributed by atoms with E-state index in [2.05, 4.69) is 54.2 Å². The van der Waals surface area contributed by atoms with Crippen molar-refractivity contribution in [3.05, 3.63) is 28.2 Å². The molecule has 1 amide bonds. The average molecular weight is 369 g/mol. The molecule has 1 N–H and O–H groups in total. The first-order valence-corrected chi connectivity index (χ1v) is 8.28. The second-order valence-corrected chi connectivity index (χ2v) is 7.17. The van der Waals surface area contributed by atoms with Crippen LogP contribution in [-0.4, -0.2) is 18.2 Å². The minimum absolute atomic E-state index is 0.0592. The van der Waals surface area contributed by atoms with Gasteiger partial charge >= 0.3 is 0 Å². The molecule has 0 saturated heterocycles. The van der Waals surface area contributed by atoms with Crippen molar-refractivity contribution in [1.82, 2.24) is 5.43 Å². The Balaban J connectivity index is 2.58. The summed E-state index contributed by atoms with van der Waals surface area (Å²) in [5, 5.41) is 4.02. The number of hydrazone groups is 1. The van der Waals surface area contributed by atoms with Crippen molar-refractivity contribution in [2.45, 2.75) is 52.9 Å². The Morgan fingerprint density at radius 1 is 1.36 bits per heavy atom. The minimum Gasteiger partial charge on any atom is -0.483 e. The van der Waals surface area contributed by atoms with Gasteiger partial charge in [0, 0.05) is 5.71 Å². The fourth-order valence-corrected chi connectivity index (χ4v) is 2.33. The molecule has 0 heterocycles. The Morgan fingerprint density at radius 3 is 2.59 bits per heavy atom. The van der Waals surface area contributed by atoms with Gasteiger partial charge < -0.3 is 4.74 Å². The van der Waals surface area contributed by atoms with Gasteiger partial charge in [-0.3, -0.25) is 4.79 Å². The number of ether oxygens (including phenoxy) is 1. The van der Waals surface area contributed by atoms with Gasteiger partial charge in [0.2, 0.25) is 0 Å². The zero-order valence-electron chi connectivity index (χ0n) is 14.0. The van der Waals surface area contributed by atoms with E-state index < -0.39 is 0 Å². The Labute approximate surface area is 141 Å². The van der Waals surface area contributed by atoms with Crippen LogP contribution in [0, 0.1) is 0 Å². The zero-order chi connectivity index (χ0) is 16.8. The summed E-state index contributed by atoms with van der Waals surface area (Å²) in [6, 6.07) is 5.92. The van der Waals surface area contributed by atoms with Crippen LogP contribution in [0.25, 0.3) is 0 Å². The number of rotatable bonds is 6. The molecule has 0 spiro atoms. The molecule has 4 nitrogen and oxygen atoms in total. The van der Waals surface area contributed by atoms with E-state index in [9.17, 15) is 4.79 Å². The lowest BCUT2D eigenvalue weighted by Crippen LogP contribution is -2.25. The molecule has 1 rings (SSSR count). The highest BCUT2D eigenvalue weighted by atomic mass is 79.9. The number of hydrogen-bond donors (Lipinski definition) is 1. The average Bonchev–Trinajstić information content (AvgIpc) is 2.43. The number of amides is 1. The van der Waals surface area contributed by atoms with Crippen molar-refractivity contribution in [2.24, 2.45) is 5.10 Å². The summed E-state index contributed by atoms with van der Waals surface area (Å²) in [7, 11) is 0. The molecule has 1 aromatic rings. The van der Waals surface area contributed by atoms with E-state index in [4.69, 9.17) is 4.74 Å². The molecule has 0 aliphatic rings. The Hall–Kier alpha value is -1.36. The molecule has 0 bridgehead atoms. The standard InChI is InChI=1S/C17H25BrN2O2/c1-6-7-12(2)19-20-16(21)11-22-15-9-8-13(10-14(15)18)17(3,4)5/h8-10H,6-7,11H2,1-5H3,(H,20,21)/b19-12+. The molecule has 0 aliphatic carbocycles. The van der Waals surface area contributed by atoms with Crippen molar-refractivity contribution >= 4 is 27.5 Å². The van der Waals surface area contributed by atoms with Gasteiger partial charge in [-0.2, -0.15) is 5.10 Å². The van der Waals surface area contributed by atoms with Gasteiger partial charge in [0.15, 0.2) is 6.61 Å². The van der Waals surface area contributed by atoms with E-state index in [1.807, 2.05) is 25.1 Å². The lowest BCUT2D eigenvalue weighted by atomic mass is 9.87. The van der Waals surface area contributed by atoms with E-state index in [1.165, 1.54) is 5.56 Å². The fraction of sp³-hybridized carbons (Fsp3) is 0.529. The van der Waals surface area contributed by atoms with E-state index in [-0.39, 0.29) is 17.9 Å². The van der Waals surface area contributed by atoms with E-state index >= 15 is 0 Å². The first kappa shape index (κ1) is 18.7. The van der Waals surface area contributed by atoms with Gasteiger partial charge in [0.25, 0.3) is 5.91 Å². The number of nitrogens with zero attached hydrogens (tertiary/aromatic N) is 1. The molecule has 0 atom stereocenters. The molecule has 0 unspecified atom stereocenters. The van der Waals surface area contributed by atoms with Crippen LogP contribution in [0.2, 0.25) is 0 Å². The highest BCUT2D eigenvalue weighted by molar-refractivity contribution is 9.10. The molecule has 5 heteroatoms. The number of hydrogen-bond acceptors (Lipinski definition) is 3. The van der Waals surface area contributed by atoms with Crippen LogP contribution in [0.1, 0.15) is 53.0 Å². The quantitative estimate of drug-likeness (QED) is 0.596. The van der Waals surface area contributed by atoms with Crippen molar-refractivity contribution in [3.63, 3.8) is 0 Å². The van der Waals surface area contributed by atoms with Gasteiger partial charge in [-0.25, -0.2) is 5.43 Å². The van der Waals surface area contributed by atoms with Crippen LogP contribution in [0.3, 0.4) is 0 Å². The second-order valence-electron chi connectivity index (χ2n) is 6.32. The molecule has 0 radical (unpaired) electrons. The van der Waals surface area contributed by atoms with Crippen LogP contribution >= 0.6 is 15.9 Å². The predicted molar refractivity (Wildman–Crippen MR) is 94.5 cm³/mol. The summed E-state index contributed by atoms with van der Waals surface area (Å²) in [6.45, 7) is 10.4. The molecule has 1 aromatic carbocycles. The summed E-state index contributed by atoms with van der Waals surface area (Å²) in [4.78, 5) is 11.7. The molecule has 22 heavy (non-hydrogen) atoms. The smallest absolute Gasteiger partial charge is 0.277 e. The van der Waals surface area contributed by atoms with Crippen LogP contribution in [0.5, 0.6) is 5.75 Å². The topological polar surface area (TPSA) is 50.7 Å². The maximum absolute atomic E-state index is 11.7. The van der Waals surface area contributed by atoms with Crippen molar-refractivity contribution in [2.75, 3.05) is 6.61 Å². The van der Waals surface area contributed by atoms with Gasteiger partial charge in [0.05, 0.1) is 4.47 Å². The first-order chi connectivity index (χ1) is 10.2. The molecule has 0 fully saturated rings. The monoisotopic (exact) mass is 368 g/mol. The highest BCUT2D eigenvalue weighted by Crippen LogP contribution is 2.31. The third-order valence-corrected chi connectivity index (χ3v) is 3.76. The number of halogens is 1. The molecular weight excluding hydrogens is 344 g/mol. The number of benzene rings is 1. The number of carbonyl (C=O) groups is 1. The van der Waals surface area contributed by atoms with Crippen LogP contribution in [-0.2, 0) is 10.2 Å². The largest absolute Gasteiger partial charge is 0.483 e. The van der Waals surface area contributed by atoms with Crippen molar-refractivity contribution < 1.29 is 9.53 Å².